The van der Waals surface area contributed by atoms with Gasteiger partial charge < -0.3 is 20.5 Å². The average Bonchev–Trinajstić information content (AvgIpc) is 2.56. The maximum absolute atomic E-state index is 12.0. The maximum atomic E-state index is 12.0. The van der Waals surface area contributed by atoms with Gasteiger partial charge in [-0.3, -0.25) is 4.79 Å². The summed E-state index contributed by atoms with van der Waals surface area (Å²) in [6, 6.07) is 7.51. The van der Waals surface area contributed by atoms with E-state index in [9.17, 15) is 4.79 Å². The zero-order chi connectivity index (χ0) is 15.8. The SMILES string of the molecule is Cc1ccc(OCCCNC(=O)C(N)C2CCOCC2)cc1.Cl. The molecule has 1 aromatic carbocycles. The van der Waals surface area contributed by atoms with Gasteiger partial charge in [-0.25, -0.2) is 0 Å². The quantitative estimate of drug-likeness (QED) is 0.744. The van der Waals surface area contributed by atoms with E-state index in [0.29, 0.717) is 26.4 Å². The van der Waals surface area contributed by atoms with Crippen molar-refractivity contribution >= 4 is 18.3 Å². The molecular weight excluding hydrogens is 316 g/mol. The molecular formula is C17H27ClN2O3. The molecule has 6 heteroatoms. The summed E-state index contributed by atoms with van der Waals surface area (Å²) in [6.45, 7) is 4.62. The standard InChI is InChI=1S/C17H26N2O3.ClH/c1-13-3-5-15(6-4-13)22-10-2-9-19-17(20)16(18)14-7-11-21-12-8-14;/h3-6,14,16H,2,7-12,18H2,1H3,(H,19,20);1H. The van der Waals surface area contributed by atoms with Crippen LogP contribution in [0.4, 0.5) is 0 Å². The largest absolute Gasteiger partial charge is 0.494 e. The van der Waals surface area contributed by atoms with Crippen LogP contribution in [0.3, 0.4) is 0 Å². The lowest BCUT2D eigenvalue weighted by atomic mass is 9.92. The molecule has 1 amide bonds. The van der Waals surface area contributed by atoms with Crippen molar-refractivity contribution in [3.8, 4) is 5.75 Å². The van der Waals surface area contributed by atoms with Crippen LogP contribution in [-0.2, 0) is 9.53 Å². The van der Waals surface area contributed by atoms with Crippen LogP contribution in [0.5, 0.6) is 5.75 Å². The highest BCUT2D eigenvalue weighted by molar-refractivity contribution is 5.85. The van der Waals surface area contributed by atoms with E-state index in [1.165, 1.54) is 5.56 Å². The molecule has 0 radical (unpaired) electrons. The highest BCUT2D eigenvalue weighted by Crippen LogP contribution is 2.17. The van der Waals surface area contributed by atoms with Crippen LogP contribution in [-0.4, -0.2) is 38.3 Å². The Morgan fingerprint density at radius 3 is 2.65 bits per heavy atom. The molecule has 1 atom stereocenters. The third-order valence-electron chi connectivity index (χ3n) is 3.99. The first-order valence-electron chi connectivity index (χ1n) is 7.97. The van der Waals surface area contributed by atoms with Crippen molar-refractivity contribution in [2.24, 2.45) is 11.7 Å². The second-order valence-electron chi connectivity index (χ2n) is 5.78. The lowest BCUT2D eigenvalue weighted by Gasteiger charge is -2.26. The molecule has 130 valence electrons. The summed E-state index contributed by atoms with van der Waals surface area (Å²) in [5.41, 5.74) is 7.22. The number of benzene rings is 1. The van der Waals surface area contributed by atoms with Crippen LogP contribution in [0.2, 0.25) is 0 Å². The van der Waals surface area contributed by atoms with Crippen molar-refractivity contribution in [3.05, 3.63) is 29.8 Å². The predicted octanol–water partition coefficient (Wildman–Crippen LogP) is 2.06. The molecule has 0 spiro atoms. The number of carbonyl (C=O) groups excluding carboxylic acids is 1. The number of aryl methyl sites for hydroxylation is 1. The summed E-state index contributed by atoms with van der Waals surface area (Å²) >= 11 is 0. The summed E-state index contributed by atoms with van der Waals surface area (Å²) < 4.78 is 10.9. The third kappa shape index (κ3) is 6.77. The Balaban J connectivity index is 0.00000264. The van der Waals surface area contributed by atoms with E-state index in [2.05, 4.69) is 5.32 Å². The molecule has 2 rings (SSSR count). The first-order chi connectivity index (χ1) is 10.7. The molecule has 0 saturated carbocycles. The molecule has 1 aromatic rings. The second kappa shape index (κ2) is 10.5. The van der Waals surface area contributed by atoms with Crippen LogP contribution in [0.15, 0.2) is 24.3 Å². The number of hydrogen-bond acceptors (Lipinski definition) is 4. The van der Waals surface area contributed by atoms with Crippen LogP contribution >= 0.6 is 12.4 Å². The van der Waals surface area contributed by atoms with E-state index < -0.39 is 6.04 Å². The Hall–Kier alpha value is -1.30. The predicted molar refractivity (Wildman–Crippen MR) is 93.1 cm³/mol. The summed E-state index contributed by atoms with van der Waals surface area (Å²) in [6.07, 6.45) is 2.50. The Labute approximate surface area is 144 Å². The summed E-state index contributed by atoms with van der Waals surface area (Å²) in [5, 5.41) is 2.89. The van der Waals surface area contributed by atoms with Gasteiger partial charge in [-0.1, -0.05) is 17.7 Å². The van der Waals surface area contributed by atoms with E-state index in [-0.39, 0.29) is 24.2 Å². The monoisotopic (exact) mass is 342 g/mol. The summed E-state index contributed by atoms with van der Waals surface area (Å²) in [7, 11) is 0. The van der Waals surface area contributed by atoms with Crippen LogP contribution in [0.1, 0.15) is 24.8 Å². The fourth-order valence-corrected chi connectivity index (χ4v) is 2.52. The number of nitrogens with two attached hydrogens (primary N) is 1. The van der Waals surface area contributed by atoms with Gasteiger partial charge in [0.05, 0.1) is 12.6 Å². The van der Waals surface area contributed by atoms with E-state index in [4.69, 9.17) is 15.2 Å². The van der Waals surface area contributed by atoms with Crippen molar-refractivity contribution in [1.82, 2.24) is 5.32 Å². The van der Waals surface area contributed by atoms with Gasteiger partial charge in [0.15, 0.2) is 0 Å². The smallest absolute Gasteiger partial charge is 0.237 e. The molecule has 0 aromatic heterocycles. The Bertz CT molecular complexity index is 461. The van der Waals surface area contributed by atoms with Gasteiger partial charge in [0.1, 0.15) is 5.75 Å². The zero-order valence-electron chi connectivity index (χ0n) is 13.6. The van der Waals surface area contributed by atoms with Gasteiger partial charge in [-0.15, -0.1) is 12.4 Å². The first-order valence-corrected chi connectivity index (χ1v) is 7.97. The molecule has 1 aliphatic rings. The van der Waals surface area contributed by atoms with Gasteiger partial charge in [-0.05, 0) is 44.2 Å². The van der Waals surface area contributed by atoms with Gasteiger partial charge in [0.2, 0.25) is 5.91 Å². The van der Waals surface area contributed by atoms with Crippen molar-refractivity contribution in [3.63, 3.8) is 0 Å². The van der Waals surface area contributed by atoms with Crippen LogP contribution in [0.25, 0.3) is 0 Å². The van der Waals surface area contributed by atoms with Crippen molar-refractivity contribution in [1.29, 1.82) is 0 Å². The number of carbonyl (C=O) groups is 1. The molecule has 0 bridgehead atoms. The van der Waals surface area contributed by atoms with Crippen molar-refractivity contribution in [2.45, 2.75) is 32.2 Å². The van der Waals surface area contributed by atoms with Crippen LogP contribution < -0.4 is 15.8 Å². The molecule has 23 heavy (non-hydrogen) atoms. The molecule has 1 heterocycles. The van der Waals surface area contributed by atoms with E-state index in [0.717, 1.165) is 25.0 Å². The normalized spacial score (nSPS) is 16.3. The number of ether oxygens (including phenoxy) is 2. The van der Waals surface area contributed by atoms with Crippen LogP contribution in [0, 0.1) is 12.8 Å². The Kier molecular flexibility index (Phi) is 8.99. The number of hydrogen-bond donors (Lipinski definition) is 2. The van der Waals surface area contributed by atoms with E-state index in [1.54, 1.807) is 0 Å². The van der Waals surface area contributed by atoms with Gasteiger partial charge in [0, 0.05) is 19.8 Å². The minimum absolute atomic E-state index is 0. The third-order valence-corrected chi connectivity index (χ3v) is 3.99. The molecule has 0 aliphatic carbocycles. The van der Waals surface area contributed by atoms with Crippen molar-refractivity contribution < 1.29 is 14.3 Å². The summed E-state index contributed by atoms with van der Waals surface area (Å²) in [4.78, 5) is 12.0. The highest BCUT2D eigenvalue weighted by atomic mass is 35.5. The maximum Gasteiger partial charge on any atom is 0.237 e. The first kappa shape index (κ1) is 19.7. The van der Waals surface area contributed by atoms with Gasteiger partial charge in [0.25, 0.3) is 0 Å². The second-order valence-corrected chi connectivity index (χ2v) is 5.78. The zero-order valence-corrected chi connectivity index (χ0v) is 14.4. The number of nitrogens with one attached hydrogen (secondary N) is 1. The molecule has 1 saturated heterocycles. The average molecular weight is 343 g/mol. The fraction of sp³-hybridized carbons (Fsp3) is 0.588. The topological polar surface area (TPSA) is 73.6 Å². The molecule has 1 unspecified atom stereocenters. The minimum atomic E-state index is -0.429. The lowest BCUT2D eigenvalue weighted by molar-refractivity contribution is -0.124. The van der Waals surface area contributed by atoms with Crippen molar-refractivity contribution in [2.75, 3.05) is 26.4 Å². The number of halogens is 1. The van der Waals surface area contributed by atoms with E-state index >= 15 is 0 Å². The number of amides is 1. The minimum Gasteiger partial charge on any atom is -0.494 e. The van der Waals surface area contributed by atoms with Gasteiger partial charge in [-0.2, -0.15) is 0 Å². The number of rotatable bonds is 7. The highest BCUT2D eigenvalue weighted by Gasteiger charge is 2.26. The molecule has 1 aliphatic heterocycles. The fourth-order valence-electron chi connectivity index (χ4n) is 2.52. The Morgan fingerprint density at radius 1 is 1.35 bits per heavy atom. The van der Waals surface area contributed by atoms with E-state index in [1.807, 2.05) is 31.2 Å². The lowest BCUT2D eigenvalue weighted by Crippen LogP contribution is -2.47. The Morgan fingerprint density at radius 2 is 2.00 bits per heavy atom. The molecule has 3 N–H and O–H groups in total. The molecule has 1 fully saturated rings. The van der Waals surface area contributed by atoms with Gasteiger partial charge >= 0.3 is 0 Å². The summed E-state index contributed by atoms with van der Waals surface area (Å²) in [5.74, 6) is 1.02. The molecule has 5 nitrogen and oxygen atoms in total.